The van der Waals surface area contributed by atoms with Crippen LogP contribution in [0.4, 0.5) is 4.79 Å². The van der Waals surface area contributed by atoms with Crippen molar-refractivity contribution in [3.05, 3.63) is 12.7 Å². The third-order valence-corrected chi connectivity index (χ3v) is 1.69. The van der Waals surface area contributed by atoms with Crippen LogP contribution in [0.15, 0.2) is 12.7 Å². The lowest BCUT2D eigenvalue weighted by Crippen LogP contribution is -2.39. The zero-order valence-electron chi connectivity index (χ0n) is 9.36. The Kier molecular flexibility index (Phi) is 5.19. The van der Waals surface area contributed by atoms with Crippen LogP contribution in [0.1, 0.15) is 20.8 Å². The molecule has 0 aliphatic heterocycles. The highest BCUT2D eigenvalue weighted by Gasteiger charge is 2.30. The predicted molar refractivity (Wildman–Crippen MR) is 66.4 cm³/mol. The minimum absolute atomic E-state index is 0.198. The summed E-state index contributed by atoms with van der Waals surface area (Å²) >= 11 is 4.01. The standard InChI is InChI=1S/C10H16N2O2S/c1-6-7-12(8(15)11-5)9(13)14-10(2,3)4/h6H,1,5,7H2,2-4H3/p+1. The quantitative estimate of drug-likeness (QED) is 0.256. The minimum Gasteiger partial charge on any atom is -0.425 e. The second-order valence-corrected chi connectivity index (χ2v) is 4.24. The molecule has 0 fully saturated rings. The summed E-state index contributed by atoms with van der Waals surface area (Å²) in [5.41, 5.74) is -0.550. The van der Waals surface area contributed by atoms with Crippen molar-refractivity contribution in [1.82, 2.24) is 9.57 Å². The molecule has 0 heterocycles. The molecule has 0 radical (unpaired) electrons. The number of thiol groups is 1. The predicted octanol–water partition coefficient (Wildman–Crippen LogP) is 1.46. The number of hydrogen-bond donors (Lipinski definition) is 1. The van der Waals surface area contributed by atoms with Gasteiger partial charge < -0.3 is 4.74 Å². The molecule has 0 saturated carbocycles. The largest absolute Gasteiger partial charge is 0.509 e. The van der Waals surface area contributed by atoms with Crippen LogP contribution in [0.2, 0.25) is 0 Å². The van der Waals surface area contributed by atoms with Crippen LogP contribution >= 0.6 is 12.6 Å². The summed E-state index contributed by atoms with van der Waals surface area (Å²) in [5.74, 6) is 0. The number of hydrogen-bond acceptors (Lipinski definition) is 2. The van der Waals surface area contributed by atoms with Crippen molar-refractivity contribution in [2.75, 3.05) is 6.54 Å². The Balaban J connectivity index is 4.71. The van der Waals surface area contributed by atoms with E-state index in [9.17, 15) is 4.79 Å². The van der Waals surface area contributed by atoms with Crippen LogP contribution in [0, 0.1) is 0 Å². The maximum absolute atomic E-state index is 11.6. The van der Waals surface area contributed by atoms with Crippen LogP contribution in [-0.4, -0.2) is 35.0 Å². The number of carbonyl (C=O) groups excluding carboxylic acids is 1. The van der Waals surface area contributed by atoms with E-state index in [0.29, 0.717) is 0 Å². The van der Waals surface area contributed by atoms with Gasteiger partial charge in [-0.05, 0) is 39.5 Å². The van der Waals surface area contributed by atoms with Crippen LogP contribution in [0.25, 0.3) is 0 Å². The number of amides is 1. The second-order valence-electron chi connectivity index (χ2n) is 3.84. The average molecular weight is 229 g/mol. The summed E-state index contributed by atoms with van der Waals surface area (Å²) in [6.07, 6.45) is 1.05. The molecule has 0 aliphatic rings. The van der Waals surface area contributed by atoms with E-state index in [-0.39, 0.29) is 11.7 Å². The van der Waals surface area contributed by atoms with Gasteiger partial charge in [0.15, 0.2) is 6.72 Å². The lowest BCUT2D eigenvalue weighted by molar-refractivity contribution is 0.0388. The van der Waals surface area contributed by atoms with Gasteiger partial charge in [-0.1, -0.05) is 6.58 Å². The summed E-state index contributed by atoms with van der Waals surface area (Å²) in [5, 5.41) is 0.198. The SMILES string of the molecule is C=CCN(C(=O)OC(C)(C)C)C(S)=[N+]=C. The molecule has 4 nitrogen and oxygen atoms in total. The van der Waals surface area contributed by atoms with Crippen molar-refractivity contribution < 1.29 is 9.53 Å². The average Bonchev–Trinajstić information content (AvgIpc) is 2.10. The molecule has 15 heavy (non-hydrogen) atoms. The van der Waals surface area contributed by atoms with E-state index in [0.717, 1.165) is 0 Å². The molecular formula is C10H17N2O2S+. The molecule has 0 bridgehead atoms. The fraction of sp³-hybridized carbons (Fsp3) is 0.500. The monoisotopic (exact) mass is 229 g/mol. The van der Waals surface area contributed by atoms with Gasteiger partial charge in [0.05, 0.1) is 0 Å². The molecule has 0 atom stereocenters. The number of carbonyl (C=O) groups is 1. The lowest BCUT2D eigenvalue weighted by atomic mass is 10.2. The number of ether oxygens (including phenoxy) is 1. The van der Waals surface area contributed by atoms with Gasteiger partial charge in [-0.25, -0.2) is 4.67 Å². The normalized spacial score (nSPS) is 10.1. The smallest absolute Gasteiger partial charge is 0.425 e. The van der Waals surface area contributed by atoms with E-state index >= 15 is 0 Å². The van der Waals surface area contributed by atoms with Crippen molar-refractivity contribution in [1.29, 1.82) is 0 Å². The minimum atomic E-state index is -0.550. The summed E-state index contributed by atoms with van der Waals surface area (Å²) in [4.78, 5) is 12.9. The molecule has 0 spiro atoms. The Hall–Kier alpha value is -1.19. The Bertz CT molecular complexity index is 301. The summed E-state index contributed by atoms with van der Waals surface area (Å²) in [6.45, 7) is 12.5. The highest BCUT2D eigenvalue weighted by molar-refractivity contribution is 7.96. The zero-order valence-corrected chi connectivity index (χ0v) is 10.3. The zero-order chi connectivity index (χ0) is 12.1. The molecule has 1 amide bonds. The first-order chi connectivity index (χ1) is 6.81. The fourth-order valence-corrected chi connectivity index (χ4v) is 0.933. The first-order valence-electron chi connectivity index (χ1n) is 4.46. The maximum atomic E-state index is 11.6. The summed E-state index contributed by atoms with van der Waals surface area (Å²) in [7, 11) is 0. The molecule has 0 aliphatic carbocycles. The van der Waals surface area contributed by atoms with Gasteiger partial charge in [0, 0.05) is 0 Å². The summed E-state index contributed by atoms with van der Waals surface area (Å²) in [6, 6.07) is 0. The van der Waals surface area contributed by atoms with Gasteiger partial charge in [-0.3, -0.25) is 0 Å². The Labute approximate surface area is 95.8 Å². The van der Waals surface area contributed by atoms with E-state index < -0.39 is 11.7 Å². The van der Waals surface area contributed by atoms with E-state index in [1.165, 1.54) is 4.90 Å². The highest BCUT2D eigenvalue weighted by atomic mass is 32.1. The van der Waals surface area contributed by atoms with Crippen LogP contribution < -0.4 is 4.67 Å². The maximum Gasteiger partial charge on any atom is 0.509 e. The molecule has 0 aromatic carbocycles. The molecule has 0 unspecified atom stereocenters. The number of rotatable bonds is 2. The Morgan fingerprint density at radius 3 is 2.47 bits per heavy atom. The van der Waals surface area contributed by atoms with Gasteiger partial charge in [0.2, 0.25) is 0 Å². The first-order valence-corrected chi connectivity index (χ1v) is 4.90. The molecular weight excluding hydrogens is 212 g/mol. The molecule has 84 valence electrons. The van der Waals surface area contributed by atoms with Crippen LogP contribution in [-0.2, 0) is 4.74 Å². The van der Waals surface area contributed by atoms with E-state index in [2.05, 4.69) is 30.6 Å². The second kappa shape index (κ2) is 5.63. The van der Waals surface area contributed by atoms with Gasteiger partial charge in [-0.2, -0.15) is 4.79 Å². The molecule has 0 N–H and O–H groups in total. The first kappa shape index (κ1) is 13.8. The fourth-order valence-electron chi connectivity index (χ4n) is 0.769. The number of nitrogens with zero attached hydrogens (tertiary/aromatic N) is 2. The van der Waals surface area contributed by atoms with Crippen LogP contribution in [0.5, 0.6) is 0 Å². The van der Waals surface area contributed by atoms with Gasteiger partial charge in [-0.15, -0.1) is 4.90 Å². The number of amidine groups is 1. The molecule has 0 aromatic heterocycles. The molecule has 0 aromatic rings. The summed E-state index contributed by atoms with van der Waals surface area (Å²) < 4.78 is 8.72. The Morgan fingerprint density at radius 2 is 2.13 bits per heavy atom. The van der Waals surface area contributed by atoms with Gasteiger partial charge in [0.25, 0.3) is 0 Å². The van der Waals surface area contributed by atoms with E-state index in [1.807, 2.05) is 0 Å². The van der Waals surface area contributed by atoms with Crippen molar-refractivity contribution in [2.45, 2.75) is 26.4 Å². The van der Waals surface area contributed by atoms with Gasteiger partial charge in [0.1, 0.15) is 12.1 Å². The third kappa shape index (κ3) is 5.30. The molecule has 0 rings (SSSR count). The van der Waals surface area contributed by atoms with Gasteiger partial charge >= 0.3 is 11.3 Å². The van der Waals surface area contributed by atoms with E-state index in [1.54, 1.807) is 26.8 Å². The highest BCUT2D eigenvalue weighted by Crippen LogP contribution is 2.10. The van der Waals surface area contributed by atoms with Crippen molar-refractivity contribution in [3.63, 3.8) is 0 Å². The molecule has 0 saturated heterocycles. The molecule has 5 heteroatoms. The third-order valence-electron chi connectivity index (χ3n) is 1.31. The lowest BCUT2D eigenvalue weighted by Gasteiger charge is -2.20. The van der Waals surface area contributed by atoms with E-state index in [4.69, 9.17) is 4.74 Å². The van der Waals surface area contributed by atoms with Crippen molar-refractivity contribution >= 4 is 30.6 Å². The topological polar surface area (TPSA) is 43.6 Å². The van der Waals surface area contributed by atoms with Crippen LogP contribution in [0.3, 0.4) is 0 Å². The Morgan fingerprint density at radius 1 is 1.60 bits per heavy atom. The van der Waals surface area contributed by atoms with Crippen molar-refractivity contribution in [2.24, 2.45) is 0 Å². The van der Waals surface area contributed by atoms with Crippen molar-refractivity contribution in [3.8, 4) is 0 Å².